The fraction of sp³-hybridized carbons (Fsp3) is 0.214. The van der Waals surface area contributed by atoms with E-state index in [-0.39, 0.29) is 5.75 Å². The fourth-order valence-corrected chi connectivity index (χ4v) is 2.84. The quantitative estimate of drug-likeness (QED) is 0.800. The van der Waals surface area contributed by atoms with Crippen LogP contribution in [0.3, 0.4) is 0 Å². The van der Waals surface area contributed by atoms with E-state index in [1.54, 1.807) is 12.3 Å². The maximum absolute atomic E-state index is 13.7. The van der Waals surface area contributed by atoms with Gasteiger partial charge >= 0.3 is 0 Å². The third-order valence-electron chi connectivity index (χ3n) is 2.46. The average Bonchev–Trinajstić information content (AvgIpc) is 2.43. The van der Waals surface area contributed by atoms with Crippen LogP contribution in [0.4, 0.5) is 10.1 Å². The van der Waals surface area contributed by atoms with Crippen LogP contribution in [-0.2, 0) is 0 Å². The van der Waals surface area contributed by atoms with Gasteiger partial charge in [0.1, 0.15) is 5.03 Å². The molecule has 6 heteroatoms. The molecular weight excluding hydrogens is 343 g/mol. The van der Waals surface area contributed by atoms with Gasteiger partial charge in [-0.1, -0.05) is 18.7 Å². The number of rotatable bonds is 5. The number of hydrogen-bond acceptors (Lipinski definition) is 4. The van der Waals surface area contributed by atoms with Gasteiger partial charge in [0, 0.05) is 22.8 Å². The van der Waals surface area contributed by atoms with Crippen LogP contribution in [0.25, 0.3) is 0 Å². The average molecular weight is 357 g/mol. The molecular formula is C14H14BrFN2OS. The topological polar surface area (TPSA) is 48.1 Å². The Morgan fingerprint density at radius 1 is 1.45 bits per heavy atom. The van der Waals surface area contributed by atoms with Gasteiger partial charge in [-0.15, -0.1) is 0 Å². The lowest BCUT2D eigenvalue weighted by atomic mass is 10.3. The number of aromatic nitrogens is 1. The SMILES string of the molecule is CCCOc1cc(Sc2ncccc2Br)c(N)cc1F. The molecule has 3 nitrogen and oxygen atoms in total. The Hall–Kier alpha value is -1.27. The number of nitrogens with zero attached hydrogens (tertiary/aromatic N) is 1. The van der Waals surface area contributed by atoms with Crippen molar-refractivity contribution in [1.29, 1.82) is 0 Å². The Kier molecular flexibility index (Phi) is 5.25. The highest BCUT2D eigenvalue weighted by Crippen LogP contribution is 2.37. The van der Waals surface area contributed by atoms with Crippen molar-refractivity contribution in [3.63, 3.8) is 0 Å². The summed E-state index contributed by atoms with van der Waals surface area (Å²) in [4.78, 5) is 4.97. The van der Waals surface area contributed by atoms with Gasteiger partial charge in [0.2, 0.25) is 0 Å². The zero-order valence-corrected chi connectivity index (χ0v) is 13.3. The highest BCUT2D eigenvalue weighted by Gasteiger charge is 2.12. The van der Waals surface area contributed by atoms with Gasteiger partial charge in [0.05, 0.1) is 11.1 Å². The van der Waals surface area contributed by atoms with E-state index in [4.69, 9.17) is 10.5 Å². The fourth-order valence-electron chi connectivity index (χ4n) is 1.51. The van der Waals surface area contributed by atoms with E-state index in [0.29, 0.717) is 12.3 Å². The largest absolute Gasteiger partial charge is 0.490 e. The molecule has 106 valence electrons. The van der Waals surface area contributed by atoms with Gasteiger partial charge < -0.3 is 10.5 Å². The molecule has 20 heavy (non-hydrogen) atoms. The zero-order chi connectivity index (χ0) is 14.5. The lowest BCUT2D eigenvalue weighted by molar-refractivity contribution is 0.300. The number of nitrogens with two attached hydrogens (primary N) is 1. The predicted octanol–water partition coefficient (Wildman–Crippen LogP) is 4.51. The molecule has 2 rings (SSSR count). The molecule has 0 bridgehead atoms. The Bertz CT molecular complexity index is 610. The number of benzene rings is 1. The van der Waals surface area contributed by atoms with Crippen molar-refractivity contribution >= 4 is 33.4 Å². The monoisotopic (exact) mass is 356 g/mol. The number of nitrogen functional groups attached to an aromatic ring is 1. The molecule has 0 spiro atoms. The van der Waals surface area contributed by atoms with E-state index < -0.39 is 5.82 Å². The molecule has 2 aromatic rings. The summed E-state index contributed by atoms with van der Waals surface area (Å²) in [6.07, 6.45) is 2.51. The molecule has 0 saturated heterocycles. The van der Waals surface area contributed by atoms with Gasteiger partial charge in [-0.3, -0.25) is 0 Å². The van der Waals surface area contributed by atoms with E-state index in [1.165, 1.54) is 17.8 Å². The maximum Gasteiger partial charge on any atom is 0.167 e. The van der Waals surface area contributed by atoms with E-state index >= 15 is 0 Å². The van der Waals surface area contributed by atoms with Crippen molar-refractivity contribution in [2.75, 3.05) is 12.3 Å². The van der Waals surface area contributed by atoms with Crippen molar-refractivity contribution in [3.05, 3.63) is 40.8 Å². The molecule has 2 N–H and O–H groups in total. The summed E-state index contributed by atoms with van der Waals surface area (Å²) in [5.41, 5.74) is 6.23. The van der Waals surface area contributed by atoms with Crippen molar-refractivity contribution in [2.45, 2.75) is 23.3 Å². The highest BCUT2D eigenvalue weighted by atomic mass is 79.9. The summed E-state index contributed by atoms with van der Waals surface area (Å²) in [5, 5.41) is 0.771. The molecule has 1 aromatic carbocycles. The number of anilines is 1. The highest BCUT2D eigenvalue weighted by molar-refractivity contribution is 9.10. The molecule has 0 fully saturated rings. The second kappa shape index (κ2) is 6.95. The molecule has 0 aliphatic heterocycles. The second-order valence-electron chi connectivity index (χ2n) is 4.06. The molecule has 0 atom stereocenters. The molecule has 0 unspecified atom stereocenters. The van der Waals surface area contributed by atoms with Gasteiger partial charge in [-0.05, 0) is 40.5 Å². The molecule has 0 aliphatic carbocycles. The Labute approximate surface area is 129 Å². The maximum atomic E-state index is 13.7. The molecule has 0 amide bonds. The minimum absolute atomic E-state index is 0.218. The van der Waals surface area contributed by atoms with E-state index in [9.17, 15) is 4.39 Å². The second-order valence-corrected chi connectivity index (χ2v) is 5.95. The minimum atomic E-state index is -0.444. The summed E-state index contributed by atoms with van der Waals surface area (Å²) >= 11 is 4.79. The van der Waals surface area contributed by atoms with Gasteiger partial charge in [-0.2, -0.15) is 0 Å². The predicted molar refractivity (Wildman–Crippen MR) is 82.7 cm³/mol. The van der Waals surface area contributed by atoms with Crippen LogP contribution in [-0.4, -0.2) is 11.6 Å². The van der Waals surface area contributed by atoms with Gasteiger partial charge in [0.25, 0.3) is 0 Å². The smallest absolute Gasteiger partial charge is 0.167 e. The van der Waals surface area contributed by atoms with Gasteiger partial charge in [0.15, 0.2) is 11.6 Å². The Morgan fingerprint density at radius 3 is 2.95 bits per heavy atom. The third kappa shape index (κ3) is 3.64. The lowest BCUT2D eigenvalue weighted by Gasteiger charge is -2.11. The lowest BCUT2D eigenvalue weighted by Crippen LogP contribution is -2.00. The summed E-state index contributed by atoms with van der Waals surface area (Å²) in [6, 6.07) is 6.62. The van der Waals surface area contributed by atoms with E-state index in [0.717, 1.165) is 20.8 Å². The van der Waals surface area contributed by atoms with Crippen molar-refractivity contribution in [2.24, 2.45) is 0 Å². The van der Waals surface area contributed by atoms with Crippen LogP contribution in [0.15, 0.2) is 44.9 Å². The van der Waals surface area contributed by atoms with E-state index in [1.807, 2.05) is 19.1 Å². The first-order valence-corrected chi connectivity index (χ1v) is 7.73. The van der Waals surface area contributed by atoms with Crippen molar-refractivity contribution in [1.82, 2.24) is 4.98 Å². The Balaban J connectivity index is 2.29. The molecule has 1 aromatic heterocycles. The van der Waals surface area contributed by atoms with Crippen LogP contribution < -0.4 is 10.5 Å². The van der Waals surface area contributed by atoms with Crippen LogP contribution in [0.1, 0.15) is 13.3 Å². The van der Waals surface area contributed by atoms with Crippen molar-refractivity contribution < 1.29 is 9.13 Å². The first kappa shape index (κ1) is 15.1. The van der Waals surface area contributed by atoms with Gasteiger partial charge in [-0.25, -0.2) is 9.37 Å². The molecule has 0 saturated carbocycles. The van der Waals surface area contributed by atoms with Crippen LogP contribution in [0.5, 0.6) is 5.75 Å². The number of hydrogen-bond donors (Lipinski definition) is 1. The summed E-state index contributed by atoms with van der Waals surface area (Å²) < 4.78 is 20.0. The molecule has 1 heterocycles. The third-order valence-corrected chi connectivity index (χ3v) is 4.45. The standard InChI is InChI=1S/C14H14BrFN2OS/c1-2-6-19-12-8-13(11(17)7-10(12)16)20-14-9(15)4-3-5-18-14/h3-5,7-8H,2,6,17H2,1H3. The zero-order valence-electron chi connectivity index (χ0n) is 10.9. The number of pyridine rings is 1. The normalized spacial score (nSPS) is 10.6. The van der Waals surface area contributed by atoms with Crippen LogP contribution >= 0.6 is 27.7 Å². The summed E-state index contributed by atoms with van der Waals surface area (Å²) in [5.74, 6) is -0.226. The van der Waals surface area contributed by atoms with Crippen molar-refractivity contribution in [3.8, 4) is 5.75 Å². The number of ether oxygens (including phenoxy) is 1. The number of halogens is 2. The summed E-state index contributed by atoms with van der Waals surface area (Å²) in [6.45, 7) is 2.44. The summed E-state index contributed by atoms with van der Waals surface area (Å²) in [7, 11) is 0. The molecule has 0 aliphatic rings. The minimum Gasteiger partial charge on any atom is -0.490 e. The Morgan fingerprint density at radius 2 is 2.25 bits per heavy atom. The van der Waals surface area contributed by atoms with E-state index in [2.05, 4.69) is 20.9 Å². The van der Waals surface area contributed by atoms with Crippen LogP contribution in [0.2, 0.25) is 0 Å². The first-order chi connectivity index (χ1) is 9.61. The first-order valence-electron chi connectivity index (χ1n) is 6.12. The molecule has 0 radical (unpaired) electrons. The van der Waals surface area contributed by atoms with Crippen LogP contribution in [0, 0.1) is 5.82 Å².